The van der Waals surface area contributed by atoms with E-state index in [9.17, 15) is 0 Å². The molecule has 0 saturated carbocycles. The fourth-order valence-corrected chi connectivity index (χ4v) is 1.90. The van der Waals surface area contributed by atoms with Crippen LogP contribution in [0.4, 0.5) is 5.95 Å². The first-order valence-electron chi connectivity index (χ1n) is 6.49. The van der Waals surface area contributed by atoms with E-state index in [0.29, 0.717) is 5.92 Å². The summed E-state index contributed by atoms with van der Waals surface area (Å²) >= 11 is 0. The number of para-hydroxylation sites is 2. The molecular weight excluding hydrogens is 224 g/mol. The largest absolute Gasteiger partial charge is 0.345 e. The molecule has 2 rings (SSSR count). The highest BCUT2D eigenvalue weighted by Gasteiger charge is 2.11. The van der Waals surface area contributed by atoms with Gasteiger partial charge in [-0.1, -0.05) is 26.0 Å². The summed E-state index contributed by atoms with van der Waals surface area (Å²) in [7, 11) is 2.05. The second-order valence-corrected chi connectivity index (χ2v) is 5.20. The molecule has 0 saturated heterocycles. The molecule has 1 heterocycles. The van der Waals surface area contributed by atoms with Crippen molar-refractivity contribution in [2.45, 2.75) is 26.3 Å². The zero-order valence-corrected chi connectivity index (χ0v) is 11.4. The number of benzene rings is 1. The van der Waals surface area contributed by atoms with E-state index in [1.807, 2.05) is 31.3 Å². The Morgan fingerprint density at radius 2 is 2.06 bits per heavy atom. The molecule has 0 fully saturated rings. The SMILES string of the molecule is CC(C)C(N)CCN(C)c1nc2ccccc2[nH]1. The fourth-order valence-electron chi connectivity index (χ4n) is 1.90. The number of nitrogens with zero attached hydrogens (tertiary/aromatic N) is 2. The zero-order valence-electron chi connectivity index (χ0n) is 11.4. The number of imidazole rings is 1. The van der Waals surface area contributed by atoms with Gasteiger partial charge in [0, 0.05) is 19.6 Å². The summed E-state index contributed by atoms with van der Waals surface area (Å²) in [5.41, 5.74) is 8.14. The van der Waals surface area contributed by atoms with E-state index in [1.165, 1.54) is 0 Å². The van der Waals surface area contributed by atoms with Crippen LogP contribution in [0, 0.1) is 5.92 Å². The van der Waals surface area contributed by atoms with Crippen molar-refractivity contribution in [1.82, 2.24) is 9.97 Å². The van der Waals surface area contributed by atoms with Crippen LogP contribution in [0.5, 0.6) is 0 Å². The highest BCUT2D eigenvalue weighted by Crippen LogP contribution is 2.16. The van der Waals surface area contributed by atoms with Crippen LogP contribution in [0.25, 0.3) is 11.0 Å². The lowest BCUT2D eigenvalue weighted by Gasteiger charge is -2.20. The lowest BCUT2D eigenvalue weighted by molar-refractivity contribution is 0.465. The number of H-pyrrole nitrogens is 1. The van der Waals surface area contributed by atoms with Crippen LogP contribution in [0.1, 0.15) is 20.3 Å². The average molecular weight is 246 g/mol. The Morgan fingerprint density at radius 3 is 2.72 bits per heavy atom. The third kappa shape index (κ3) is 2.82. The maximum atomic E-state index is 6.06. The van der Waals surface area contributed by atoms with Gasteiger partial charge in [-0.2, -0.15) is 0 Å². The maximum Gasteiger partial charge on any atom is 0.203 e. The Balaban J connectivity index is 2.02. The van der Waals surface area contributed by atoms with E-state index in [2.05, 4.69) is 28.7 Å². The van der Waals surface area contributed by atoms with E-state index in [0.717, 1.165) is 29.9 Å². The standard InChI is InChI=1S/C14H22N4/c1-10(2)11(15)8-9-18(3)14-16-12-6-4-5-7-13(12)17-14/h4-7,10-11H,8-9,15H2,1-3H3,(H,16,17). The van der Waals surface area contributed by atoms with Gasteiger partial charge in [0.25, 0.3) is 0 Å². The van der Waals surface area contributed by atoms with Crippen LogP contribution in [0.15, 0.2) is 24.3 Å². The van der Waals surface area contributed by atoms with Crippen LogP contribution in [0.2, 0.25) is 0 Å². The quantitative estimate of drug-likeness (QED) is 0.851. The average Bonchev–Trinajstić information content (AvgIpc) is 2.79. The molecule has 18 heavy (non-hydrogen) atoms. The summed E-state index contributed by atoms with van der Waals surface area (Å²) in [4.78, 5) is 10.0. The van der Waals surface area contributed by atoms with Gasteiger partial charge in [0.15, 0.2) is 0 Å². The van der Waals surface area contributed by atoms with Crippen molar-refractivity contribution in [1.29, 1.82) is 0 Å². The Kier molecular flexibility index (Phi) is 3.87. The number of aromatic nitrogens is 2. The molecule has 0 amide bonds. The van der Waals surface area contributed by atoms with Crippen molar-refractivity contribution in [2.24, 2.45) is 11.7 Å². The van der Waals surface area contributed by atoms with E-state index >= 15 is 0 Å². The van der Waals surface area contributed by atoms with E-state index < -0.39 is 0 Å². The molecule has 1 aromatic carbocycles. The van der Waals surface area contributed by atoms with Gasteiger partial charge in [-0.05, 0) is 24.5 Å². The van der Waals surface area contributed by atoms with Crippen molar-refractivity contribution in [3.63, 3.8) is 0 Å². The first-order valence-corrected chi connectivity index (χ1v) is 6.49. The summed E-state index contributed by atoms with van der Waals surface area (Å²) < 4.78 is 0. The first kappa shape index (κ1) is 12.9. The number of rotatable bonds is 5. The van der Waals surface area contributed by atoms with Crippen molar-refractivity contribution in [3.8, 4) is 0 Å². The summed E-state index contributed by atoms with van der Waals surface area (Å²) in [6.07, 6.45) is 0.977. The normalized spacial score (nSPS) is 13.2. The Bertz CT molecular complexity index is 470. The van der Waals surface area contributed by atoms with Gasteiger partial charge < -0.3 is 15.6 Å². The van der Waals surface area contributed by atoms with Crippen LogP contribution >= 0.6 is 0 Å². The molecule has 4 heteroatoms. The van der Waals surface area contributed by atoms with Gasteiger partial charge in [-0.25, -0.2) is 4.98 Å². The van der Waals surface area contributed by atoms with Crippen molar-refractivity contribution in [3.05, 3.63) is 24.3 Å². The number of anilines is 1. The molecule has 4 nitrogen and oxygen atoms in total. The van der Waals surface area contributed by atoms with Crippen LogP contribution in [0.3, 0.4) is 0 Å². The Labute approximate surface area is 108 Å². The number of aromatic amines is 1. The minimum atomic E-state index is 0.247. The molecule has 98 valence electrons. The molecule has 0 aliphatic carbocycles. The predicted octanol–water partition coefficient (Wildman–Crippen LogP) is 2.37. The summed E-state index contributed by atoms with van der Waals surface area (Å²) in [5, 5.41) is 0. The fraction of sp³-hybridized carbons (Fsp3) is 0.500. The van der Waals surface area contributed by atoms with Gasteiger partial charge in [0.2, 0.25) is 5.95 Å². The third-order valence-electron chi connectivity index (χ3n) is 3.39. The minimum absolute atomic E-state index is 0.247. The molecule has 1 atom stereocenters. The number of nitrogens with two attached hydrogens (primary N) is 1. The van der Waals surface area contributed by atoms with Gasteiger partial charge in [-0.3, -0.25) is 0 Å². The summed E-state index contributed by atoms with van der Waals surface area (Å²) in [6, 6.07) is 8.32. The molecule has 1 unspecified atom stereocenters. The number of nitrogens with one attached hydrogen (secondary N) is 1. The first-order chi connectivity index (χ1) is 8.58. The molecule has 0 bridgehead atoms. The zero-order chi connectivity index (χ0) is 13.1. The van der Waals surface area contributed by atoms with Crippen molar-refractivity contribution < 1.29 is 0 Å². The molecule has 1 aromatic heterocycles. The maximum absolute atomic E-state index is 6.06. The molecule has 0 aliphatic rings. The minimum Gasteiger partial charge on any atom is -0.345 e. The molecule has 0 spiro atoms. The highest BCUT2D eigenvalue weighted by molar-refractivity contribution is 5.77. The van der Waals surface area contributed by atoms with E-state index in [4.69, 9.17) is 5.73 Å². The topological polar surface area (TPSA) is 57.9 Å². The van der Waals surface area contributed by atoms with Gasteiger partial charge in [0.05, 0.1) is 11.0 Å². The highest BCUT2D eigenvalue weighted by atomic mass is 15.2. The lowest BCUT2D eigenvalue weighted by Crippen LogP contribution is -2.32. The monoisotopic (exact) mass is 246 g/mol. The summed E-state index contributed by atoms with van der Waals surface area (Å²) in [5.74, 6) is 1.43. The molecule has 0 radical (unpaired) electrons. The van der Waals surface area contributed by atoms with Gasteiger partial charge in [-0.15, -0.1) is 0 Å². The lowest BCUT2D eigenvalue weighted by atomic mass is 10.0. The molecule has 0 aliphatic heterocycles. The van der Waals surface area contributed by atoms with E-state index in [1.54, 1.807) is 0 Å². The number of hydrogen-bond acceptors (Lipinski definition) is 3. The Hall–Kier alpha value is -1.55. The van der Waals surface area contributed by atoms with Crippen LogP contribution in [-0.4, -0.2) is 29.6 Å². The molecular formula is C14H22N4. The second kappa shape index (κ2) is 5.40. The molecule has 2 aromatic rings. The van der Waals surface area contributed by atoms with Crippen molar-refractivity contribution >= 4 is 17.0 Å². The number of hydrogen-bond donors (Lipinski definition) is 2. The van der Waals surface area contributed by atoms with Crippen molar-refractivity contribution in [2.75, 3.05) is 18.5 Å². The number of fused-ring (bicyclic) bond motifs is 1. The van der Waals surface area contributed by atoms with Crippen LogP contribution in [-0.2, 0) is 0 Å². The Morgan fingerprint density at radius 1 is 1.33 bits per heavy atom. The summed E-state index contributed by atoms with van der Waals surface area (Å²) in [6.45, 7) is 5.23. The second-order valence-electron chi connectivity index (χ2n) is 5.20. The van der Waals surface area contributed by atoms with Gasteiger partial charge >= 0.3 is 0 Å². The third-order valence-corrected chi connectivity index (χ3v) is 3.39. The smallest absolute Gasteiger partial charge is 0.203 e. The van der Waals surface area contributed by atoms with Crippen LogP contribution < -0.4 is 10.6 Å². The van der Waals surface area contributed by atoms with Gasteiger partial charge in [0.1, 0.15) is 0 Å². The van der Waals surface area contributed by atoms with E-state index in [-0.39, 0.29) is 6.04 Å². The predicted molar refractivity (Wildman–Crippen MR) is 76.8 cm³/mol. The molecule has 3 N–H and O–H groups in total.